The second kappa shape index (κ2) is 9.78. The van der Waals surface area contributed by atoms with E-state index >= 15 is 0 Å². The summed E-state index contributed by atoms with van der Waals surface area (Å²) in [5.41, 5.74) is 4.16. The van der Waals surface area contributed by atoms with Gasteiger partial charge in [0.2, 0.25) is 5.91 Å². The number of rotatable bonds is 6. The minimum absolute atomic E-state index is 0. The number of aromatic nitrogens is 2. The number of carbonyl (C=O) groups is 1. The van der Waals surface area contributed by atoms with Gasteiger partial charge >= 0.3 is 0 Å². The molecule has 30 heavy (non-hydrogen) atoms. The highest BCUT2D eigenvalue weighted by Gasteiger charge is 2.34. The Morgan fingerprint density at radius 1 is 1.23 bits per heavy atom. The summed E-state index contributed by atoms with van der Waals surface area (Å²) in [6, 6.07) is 15.8. The summed E-state index contributed by atoms with van der Waals surface area (Å²) in [5, 5.41) is 10.6. The van der Waals surface area contributed by atoms with E-state index in [1.165, 1.54) is 5.56 Å². The van der Waals surface area contributed by atoms with E-state index in [4.69, 9.17) is 4.74 Å². The van der Waals surface area contributed by atoms with Crippen molar-refractivity contribution in [2.75, 3.05) is 18.4 Å². The fourth-order valence-electron chi connectivity index (χ4n) is 3.80. The zero-order valence-electron chi connectivity index (χ0n) is 17.2. The number of hydrogen-bond acceptors (Lipinski definition) is 4. The molecule has 6 nitrogen and oxygen atoms in total. The first-order valence-corrected chi connectivity index (χ1v) is 9.87. The van der Waals surface area contributed by atoms with Crippen molar-refractivity contribution < 1.29 is 9.53 Å². The first-order valence-electron chi connectivity index (χ1n) is 9.87. The molecular weight excluding hydrogens is 400 g/mol. The Balaban J connectivity index is 0.00000256. The monoisotopic (exact) mass is 426 g/mol. The van der Waals surface area contributed by atoms with Gasteiger partial charge in [-0.2, -0.15) is 5.10 Å². The van der Waals surface area contributed by atoms with Crippen LogP contribution >= 0.6 is 12.4 Å². The second-order valence-electron chi connectivity index (χ2n) is 7.61. The minimum Gasteiger partial charge on any atom is -0.489 e. The topological polar surface area (TPSA) is 68.2 Å². The van der Waals surface area contributed by atoms with Crippen molar-refractivity contribution in [3.05, 3.63) is 77.6 Å². The molecule has 0 saturated carbocycles. The van der Waals surface area contributed by atoms with Crippen LogP contribution < -0.4 is 15.4 Å². The number of nitrogens with zero attached hydrogens (tertiary/aromatic N) is 2. The van der Waals surface area contributed by atoms with Crippen molar-refractivity contribution >= 4 is 24.0 Å². The number of hydrogen-bond donors (Lipinski definition) is 2. The lowest BCUT2D eigenvalue weighted by Gasteiger charge is -2.17. The van der Waals surface area contributed by atoms with E-state index in [-0.39, 0.29) is 30.2 Å². The maximum Gasteiger partial charge on any atom is 0.229 e. The van der Waals surface area contributed by atoms with Gasteiger partial charge in [-0.15, -0.1) is 12.4 Å². The highest BCUT2D eigenvalue weighted by Crippen LogP contribution is 2.29. The molecule has 7 heteroatoms. The molecule has 2 heterocycles. The largest absolute Gasteiger partial charge is 0.489 e. The Morgan fingerprint density at radius 3 is 2.83 bits per heavy atom. The third kappa shape index (κ3) is 5.20. The molecule has 1 aromatic heterocycles. The standard InChI is InChI=1S/C23H26N4O2.ClH/c1-16-5-3-6-17(9-16)15-29-20-8-4-7-19(10-20)26-23(28)22-13-24-12-21(22)18-11-25-27(2)14-18;/h3-11,14,21-22,24H,12-13,15H2,1-2H3,(H,26,28);1H/t21-,22+;/m1./s1. The van der Waals surface area contributed by atoms with Gasteiger partial charge in [0.05, 0.1) is 12.1 Å². The summed E-state index contributed by atoms with van der Waals surface area (Å²) in [6.07, 6.45) is 3.83. The first kappa shape index (κ1) is 21.9. The lowest BCUT2D eigenvalue weighted by atomic mass is 9.90. The van der Waals surface area contributed by atoms with E-state index in [0.29, 0.717) is 13.2 Å². The molecule has 1 fully saturated rings. The van der Waals surface area contributed by atoms with E-state index in [2.05, 4.69) is 34.8 Å². The molecule has 1 amide bonds. The van der Waals surface area contributed by atoms with Crippen molar-refractivity contribution in [2.45, 2.75) is 19.4 Å². The molecular formula is C23H27ClN4O2. The molecule has 1 saturated heterocycles. The van der Waals surface area contributed by atoms with Crippen molar-refractivity contribution in [1.82, 2.24) is 15.1 Å². The maximum absolute atomic E-state index is 12.9. The van der Waals surface area contributed by atoms with Crippen LogP contribution in [0.1, 0.15) is 22.6 Å². The smallest absolute Gasteiger partial charge is 0.229 e. The predicted molar refractivity (Wildman–Crippen MR) is 120 cm³/mol. The fourth-order valence-corrected chi connectivity index (χ4v) is 3.80. The van der Waals surface area contributed by atoms with E-state index in [0.717, 1.165) is 29.1 Å². The Labute approximate surface area is 183 Å². The van der Waals surface area contributed by atoms with E-state index in [1.54, 1.807) is 4.68 Å². The van der Waals surface area contributed by atoms with E-state index in [1.807, 2.05) is 55.8 Å². The number of halogens is 1. The molecule has 1 aliphatic heterocycles. The van der Waals surface area contributed by atoms with Gasteiger partial charge in [-0.25, -0.2) is 0 Å². The molecule has 2 aromatic carbocycles. The van der Waals surface area contributed by atoms with Gasteiger partial charge in [-0.3, -0.25) is 9.48 Å². The Kier molecular flexibility index (Phi) is 7.13. The number of nitrogens with one attached hydrogen (secondary N) is 2. The third-order valence-electron chi connectivity index (χ3n) is 5.29. The molecule has 4 rings (SSSR count). The summed E-state index contributed by atoms with van der Waals surface area (Å²) in [5.74, 6) is 0.748. The quantitative estimate of drug-likeness (QED) is 0.631. The summed E-state index contributed by atoms with van der Waals surface area (Å²) in [4.78, 5) is 12.9. The maximum atomic E-state index is 12.9. The van der Waals surface area contributed by atoms with Crippen LogP contribution in [-0.4, -0.2) is 28.8 Å². The van der Waals surface area contributed by atoms with Gasteiger partial charge in [0.25, 0.3) is 0 Å². The second-order valence-corrected chi connectivity index (χ2v) is 7.61. The highest BCUT2D eigenvalue weighted by molar-refractivity contribution is 5.93. The van der Waals surface area contributed by atoms with Gasteiger partial charge < -0.3 is 15.4 Å². The summed E-state index contributed by atoms with van der Waals surface area (Å²) in [7, 11) is 1.89. The Hall–Kier alpha value is -2.83. The fraction of sp³-hybridized carbons (Fsp3) is 0.304. The zero-order chi connectivity index (χ0) is 20.2. The summed E-state index contributed by atoms with van der Waals surface area (Å²) < 4.78 is 7.69. The minimum atomic E-state index is -0.129. The van der Waals surface area contributed by atoms with Crippen LogP contribution in [0.5, 0.6) is 5.75 Å². The highest BCUT2D eigenvalue weighted by atomic mass is 35.5. The van der Waals surface area contributed by atoms with Gasteiger partial charge in [-0.05, 0) is 30.2 Å². The lowest BCUT2D eigenvalue weighted by molar-refractivity contribution is -0.119. The SMILES string of the molecule is Cc1cccc(COc2cccc(NC(=O)[C@H]3CNC[C@@H]3c3cnn(C)c3)c2)c1.Cl. The van der Waals surface area contributed by atoms with Gasteiger partial charge in [0.1, 0.15) is 12.4 Å². The van der Waals surface area contributed by atoms with Crippen LogP contribution in [0.25, 0.3) is 0 Å². The molecule has 158 valence electrons. The lowest BCUT2D eigenvalue weighted by Crippen LogP contribution is -2.28. The van der Waals surface area contributed by atoms with Crippen LogP contribution in [0.3, 0.4) is 0 Å². The van der Waals surface area contributed by atoms with Gasteiger partial charge in [-0.1, -0.05) is 35.9 Å². The Bertz CT molecular complexity index is 1000. The molecule has 0 bridgehead atoms. The van der Waals surface area contributed by atoms with Gasteiger partial charge in [0.15, 0.2) is 0 Å². The van der Waals surface area contributed by atoms with Crippen LogP contribution in [0.4, 0.5) is 5.69 Å². The summed E-state index contributed by atoms with van der Waals surface area (Å²) in [6.45, 7) is 4.00. The van der Waals surface area contributed by atoms with E-state index < -0.39 is 0 Å². The number of ether oxygens (including phenoxy) is 1. The van der Waals surface area contributed by atoms with E-state index in [9.17, 15) is 4.79 Å². The molecule has 1 aliphatic rings. The molecule has 0 spiro atoms. The predicted octanol–water partition coefficient (Wildman–Crippen LogP) is 3.67. The molecule has 0 radical (unpaired) electrons. The van der Waals surface area contributed by atoms with Crippen molar-refractivity contribution in [3.63, 3.8) is 0 Å². The number of aryl methyl sites for hydroxylation is 2. The average molecular weight is 427 g/mol. The molecule has 3 aromatic rings. The van der Waals surface area contributed by atoms with Gasteiger partial charge in [0, 0.05) is 44.0 Å². The van der Waals surface area contributed by atoms with Crippen LogP contribution in [0, 0.1) is 12.8 Å². The third-order valence-corrected chi connectivity index (χ3v) is 5.29. The number of amides is 1. The van der Waals surface area contributed by atoms with Crippen LogP contribution in [-0.2, 0) is 18.4 Å². The Morgan fingerprint density at radius 2 is 2.07 bits per heavy atom. The zero-order valence-corrected chi connectivity index (χ0v) is 18.0. The van der Waals surface area contributed by atoms with Crippen LogP contribution in [0.2, 0.25) is 0 Å². The first-order chi connectivity index (χ1) is 14.1. The normalized spacial score (nSPS) is 17.9. The molecule has 2 atom stereocenters. The number of anilines is 1. The molecule has 2 N–H and O–H groups in total. The molecule has 0 aliphatic carbocycles. The molecule has 0 unspecified atom stereocenters. The average Bonchev–Trinajstić information content (AvgIpc) is 3.35. The van der Waals surface area contributed by atoms with Crippen molar-refractivity contribution in [3.8, 4) is 5.75 Å². The van der Waals surface area contributed by atoms with Crippen molar-refractivity contribution in [1.29, 1.82) is 0 Å². The van der Waals surface area contributed by atoms with Crippen LogP contribution in [0.15, 0.2) is 60.9 Å². The number of carbonyl (C=O) groups excluding carboxylic acids is 1. The van der Waals surface area contributed by atoms with Crippen molar-refractivity contribution in [2.24, 2.45) is 13.0 Å². The number of benzene rings is 2. The summed E-state index contributed by atoms with van der Waals surface area (Å²) >= 11 is 0.